The van der Waals surface area contributed by atoms with Crippen LogP contribution in [0.2, 0.25) is 0 Å². The Morgan fingerprint density at radius 3 is 1.56 bits per heavy atom. The molecule has 12 nitrogen and oxygen atoms in total. The number of ether oxygens (including phenoxy) is 1. The van der Waals surface area contributed by atoms with Gasteiger partial charge in [-0.3, -0.25) is 23.7 Å². The van der Waals surface area contributed by atoms with E-state index in [4.69, 9.17) is 10.5 Å². The smallest absolute Gasteiger partial charge is 0.236 e. The summed E-state index contributed by atoms with van der Waals surface area (Å²) in [4.78, 5) is 74.6. The minimum atomic E-state index is -3.25. The van der Waals surface area contributed by atoms with Crippen molar-refractivity contribution < 1.29 is 34.1 Å². The molecule has 2 aromatic heterocycles. The number of nitrogens with two attached hydrogens (primary N) is 1. The molecule has 0 radical (unpaired) electrons. The first-order valence-electron chi connectivity index (χ1n) is 15.6. The molecule has 12 heteroatoms. The van der Waals surface area contributed by atoms with Crippen molar-refractivity contribution in [1.82, 2.24) is 19.5 Å². The summed E-state index contributed by atoms with van der Waals surface area (Å²) in [7, 11) is 0. The number of carbonyl (C=O) groups excluding carboxylic acids is 4. The number of hydrogen-bond acceptors (Lipinski definition) is 11. The highest BCUT2D eigenvalue weighted by molar-refractivity contribution is 6.29. The molecular weight excluding hydrogens is 638 g/mol. The van der Waals surface area contributed by atoms with E-state index < -0.39 is 52.6 Å². The maximum atomic E-state index is 15.7. The van der Waals surface area contributed by atoms with Crippen molar-refractivity contribution in [1.29, 1.82) is 0 Å². The van der Waals surface area contributed by atoms with Crippen molar-refractivity contribution >= 4 is 40.1 Å². The molecular formula is C38H29N5O7. The molecule has 1 saturated heterocycles. The fraction of sp³-hybridized carbons (Fsp3) is 0.132. The number of hydrogen-bond donors (Lipinski definition) is 3. The lowest BCUT2D eigenvalue weighted by Crippen LogP contribution is -2.71. The molecule has 7 rings (SSSR count). The van der Waals surface area contributed by atoms with Gasteiger partial charge < -0.3 is 20.7 Å². The van der Waals surface area contributed by atoms with E-state index in [1.54, 1.807) is 36.4 Å². The number of nitrogen functional groups attached to an aromatic ring is 1. The molecule has 1 aliphatic rings. The minimum absolute atomic E-state index is 0.0186. The Morgan fingerprint density at radius 2 is 1.10 bits per heavy atom. The van der Waals surface area contributed by atoms with Crippen LogP contribution in [0, 0.1) is 5.41 Å². The van der Waals surface area contributed by atoms with Gasteiger partial charge in [0.2, 0.25) is 11.5 Å². The van der Waals surface area contributed by atoms with E-state index in [0.29, 0.717) is 0 Å². The molecule has 4 aromatic carbocycles. The van der Waals surface area contributed by atoms with E-state index in [0.717, 1.165) is 17.2 Å². The number of rotatable bonds is 10. The molecule has 1 fully saturated rings. The van der Waals surface area contributed by atoms with Crippen LogP contribution in [0.5, 0.6) is 0 Å². The summed E-state index contributed by atoms with van der Waals surface area (Å²) in [5, 5.41) is 24.4. The minimum Gasteiger partial charge on any atom is -0.394 e. The number of Topliss-reactive ketones (excluding diaryl/α,β-unsaturated/α-hetero) is 4. The van der Waals surface area contributed by atoms with E-state index in [2.05, 4.69) is 15.0 Å². The van der Waals surface area contributed by atoms with Crippen molar-refractivity contribution in [3.05, 3.63) is 156 Å². The van der Waals surface area contributed by atoms with Crippen molar-refractivity contribution in [3.8, 4) is 0 Å². The average Bonchev–Trinajstić information content (AvgIpc) is 3.72. The van der Waals surface area contributed by atoms with E-state index in [9.17, 15) is 10.2 Å². The first kappa shape index (κ1) is 32.3. The third kappa shape index (κ3) is 4.39. The van der Waals surface area contributed by atoms with Gasteiger partial charge >= 0.3 is 0 Å². The summed E-state index contributed by atoms with van der Waals surface area (Å²) in [6.07, 6.45) is 0.144. The van der Waals surface area contributed by atoms with Crippen LogP contribution < -0.4 is 5.73 Å². The maximum absolute atomic E-state index is 15.7. The monoisotopic (exact) mass is 667 g/mol. The molecule has 0 saturated carbocycles. The number of fused-ring (bicyclic) bond motifs is 1. The van der Waals surface area contributed by atoms with Crippen molar-refractivity contribution in [2.45, 2.75) is 17.4 Å². The second-order valence-electron chi connectivity index (χ2n) is 11.8. The summed E-state index contributed by atoms with van der Waals surface area (Å²) >= 11 is 0. The Kier molecular flexibility index (Phi) is 7.99. The molecule has 0 unspecified atom stereocenters. The Bertz CT molecular complexity index is 2200. The lowest BCUT2D eigenvalue weighted by molar-refractivity contribution is -0.106. The van der Waals surface area contributed by atoms with Crippen LogP contribution in [0.15, 0.2) is 134 Å². The lowest BCUT2D eigenvalue weighted by Gasteiger charge is -2.46. The van der Waals surface area contributed by atoms with E-state index in [1.807, 2.05) is 0 Å². The van der Waals surface area contributed by atoms with Gasteiger partial charge in [-0.25, -0.2) is 15.0 Å². The van der Waals surface area contributed by atoms with E-state index >= 15 is 19.2 Å². The quantitative estimate of drug-likeness (QED) is 0.143. The zero-order valence-electron chi connectivity index (χ0n) is 26.3. The van der Waals surface area contributed by atoms with Crippen LogP contribution in [-0.4, -0.2) is 71.2 Å². The fourth-order valence-corrected chi connectivity index (χ4v) is 6.98. The normalized spacial score (nSPS) is 21.1. The average molecular weight is 668 g/mol. The first-order chi connectivity index (χ1) is 24.2. The van der Waals surface area contributed by atoms with E-state index in [-0.39, 0.29) is 39.2 Å². The highest BCUT2D eigenvalue weighted by Gasteiger charge is 2.85. The number of aromatic nitrogens is 4. The third-order valence-electron chi connectivity index (χ3n) is 9.20. The second kappa shape index (κ2) is 12.3. The predicted molar refractivity (Wildman–Crippen MR) is 180 cm³/mol. The maximum Gasteiger partial charge on any atom is 0.236 e. The van der Waals surface area contributed by atoms with Crippen LogP contribution in [0.4, 0.5) is 5.82 Å². The number of carbonyl (C=O) groups is 4. The SMILES string of the molecule is Nc1ncnc2c1ncn2[C@]1(C(=O)c2ccccc2)O[C@H](CO)[C@](O)(C(=O)c2ccccc2)C1(C(=O)c1ccccc1)C(=O)c1ccccc1. The van der Waals surface area contributed by atoms with Gasteiger partial charge in [0, 0.05) is 22.3 Å². The van der Waals surface area contributed by atoms with Crippen LogP contribution in [0.1, 0.15) is 41.4 Å². The number of ketones is 4. The summed E-state index contributed by atoms with van der Waals surface area (Å²) in [5.74, 6) is -4.53. The van der Waals surface area contributed by atoms with E-state index in [1.165, 1.54) is 84.9 Å². The Labute approximate surface area is 284 Å². The molecule has 0 bridgehead atoms. The summed E-state index contributed by atoms with van der Waals surface area (Å²) in [6, 6.07) is 30.1. The lowest BCUT2D eigenvalue weighted by atomic mass is 9.54. The van der Waals surface area contributed by atoms with Crippen molar-refractivity contribution in [3.63, 3.8) is 0 Å². The molecule has 4 N–H and O–H groups in total. The van der Waals surface area contributed by atoms with Crippen molar-refractivity contribution in [2.24, 2.45) is 5.41 Å². The molecule has 1 aliphatic heterocycles. The van der Waals surface area contributed by atoms with Crippen LogP contribution in [0.3, 0.4) is 0 Å². The molecule has 3 atom stereocenters. The molecule has 3 heterocycles. The number of benzene rings is 4. The standard InChI is InChI=1S/C38H29N5O7/c39-34-29-35(41-22-40-34)43(23-42-29)38(33(48)27-19-11-4-12-20-27)36(30(45)24-13-5-1-6-14-24,31(46)25-15-7-2-8-16-25)37(49,28(21-44)50-38)32(47)26-17-9-3-10-18-26/h1-20,22-23,28,44,49H,21H2,(H2,39,40,41)/t28-,37+,38-/m1/s1. The van der Waals surface area contributed by atoms with Gasteiger partial charge in [-0.2, -0.15) is 0 Å². The zero-order chi connectivity index (χ0) is 35.1. The van der Waals surface area contributed by atoms with Crippen LogP contribution in [0.25, 0.3) is 11.2 Å². The number of nitrogens with zero attached hydrogens (tertiary/aromatic N) is 4. The highest BCUT2D eigenvalue weighted by Crippen LogP contribution is 2.61. The van der Waals surface area contributed by atoms with Gasteiger partial charge in [-0.15, -0.1) is 0 Å². The van der Waals surface area contributed by atoms with Gasteiger partial charge in [-0.05, 0) is 0 Å². The summed E-state index contributed by atoms with van der Waals surface area (Å²) < 4.78 is 7.61. The molecule has 6 aromatic rings. The van der Waals surface area contributed by atoms with Crippen molar-refractivity contribution in [2.75, 3.05) is 12.3 Å². The van der Waals surface area contributed by atoms with Gasteiger partial charge in [0.15, 0.2) is 39.8 Å². The Balaban J connectivity index is 1.73. The fourth-order valence-electron chi connectivity index (χ4n) is 6.98. The Morgan fingerprint density at radius 1 is 0.660 bits per heavy atom. The summed E-state index contributed by atoms with van der Waals surface area (Å²) in [5.41, 5.74) is -3.88. The van der Waals surface area contributed by atoms with Gasteiger partial charge in [-0.1, -0.05) is 121 Å². The number of imidazole rings is 1. The number of anilines is 1. The van der Waals surface area contributed by atoms with Crippen LogP contribution in [-0.2, 0) is 10.5 Å². The molecule has 248 valence electrons. The highest BCUT2D eigenvalue weighted by atomic mass is 16.6. The second-order valence-corrected chi connectivity index (χ2v) is 11.8. The van der Waals surface area contributed by atoms with Gasteiger partial charge in [0.1, 0.15) is 24.3 Å². The third-order valence-corrected chi connectivity index (χ3v) is 9.20. The summed E-state index contributed by atoms with van der Waals surface area (Å²) in [6.45, 7) is -1.10. The molecule has 0 aliphatic carbocycles. The molecule has 50 heavy (non-hydrogen) atoms. The Hall–Kier alpha value is -6.21. The topological polar surface area (TPSA) is 188 Å². The first-order valence-corrected chi connectivity index (χ1v) is 15.6. The molecule has 0 amide bonds. The predicted octanol–water partition coefficient (Wildman–Crippen LogP) is 3.70. The number of aliphatic hydroxyl groups excluding tert-OH is 1. The van der Waals surface area contributed by atoms with Crippen LogP contribution >= 0.6 is 0 Å². The number of aliphatic hydroxyl groups is 2. The largest absolute Gasteiger partial charge is 0.394 e. The van der Waals surface area contributed by atoms with Gasteiger partial charge in [0.05, 0.1) is 6.61 Å². The zero-order valence-corrected chi connectivity index (χ0v) is 26.3. The van der Waals surface area contributed by atoms with Gasteiger partial charge in [0.25, 0.3) is 0 Å². The molecule has 0 spiro atoms.